The standard InChI is InChI=1S/C19H20BrFN2O2/c1-13-10-15(20)3-5-18(13)23-8-6-22(7-9-23)16-4-2-14(11-19(24)25)17(21)12-16/h2-5,10,12H,6-9,11H2,1H3,(H,24,25). The molecule has 1 aliphatic rings. The van der Waals surface area contributed by atoms with Crippen molar-refractivity contribution in [2.75, 3.05) is 36.0 Å². The van der Waals surface area contributed by atoms with E-state index < -0.39 is 11.8 Å². The van der Waals surface area contributed by atoms with E-state index in [1.807, 2.05) is 12.1 Å². The Kier molecular flexibility index (Phi) is 5.27. The van der Waals surface area contributed by atoms with E-state index in [2.05, 4.69) is 44.8 Å². The molecule has 1 saturated heterocycles. The highest BCUT2D eigenvalue weighted by molar-refractivity contribution is 9.10. The zero-order chi connectivity index (χ0) is 18.0. The molecule has 1 aliphatic heterocycles. The van der Waals surface area contributed by atoms with Crippen LogP contribution in [0.15, 0.2) is 40.9 Å². The molecular weight excluding hydrogens is 387 g/mol. The molecule has 0 aliphatic carbocycles. The molecule has 0 spiro atoms. The van der Waals surface area contributed by atoms with Crippen LogP contribution in [-0.4, -0.2) is 37.3 Å². The summed E-state index contributed by atoms with van der Waals surface area (Å²) < 4.78 is 15.2. The number of piperazine rings is 1. The largest absolute Gasteiger partial charge is 0.481 e. The van der Waals surface area contributed by atoms with Crippen molar-refractivity contribution in [3.8, 4) is 0 Å². The van der Waals surface area contributed by atoms with Crippen LogP contribution < -0.4 is 9.80 Å². The van der Waals surface area contributed by atoms with Crippen LogP contribution in [0, 0.1) is 12.7 Å². The van der Waals surface area contributed by atoms with E-state index in [1.54, 1.807) is 6.07 Å². The van der Waals surface area contributed by atoms with E-state index in [9.17, 15) is 9.18 Å². The molecule has 0 amide bonds. The first-order chi connectivity index (χ1) is 11.9. The Morgan fingerprint density at radius 2 is 1.80 bits per heavy atom. The number of hydrogen-bond donors (Lipinski definition) is 1. The minimum Gasteiger partial charge on any atom is -0.481 e. The molecule has 1 N–H and O–H groups in total. The van der Waals surface area contributed by atoms with Gasteiger partial charge in [0.25, 0.3) is 0 Å². The Bertz CT molecular complexity index is 789. The van der Waals surface area contributed by atoms with E-state index >= 15 is 0 Å². The average Bonchev–Trinajstić information content (AvgIpc) is 2.57. The quantitative estimate of drug-likeness (QED) is 0.837. The van der Waals surface area contributed by atoms with Crippen molar-refractivity contribution in [3.05, 3.63) is 57.8 Å². The first-order valence-corrected chi connectivity index (χ1v) is 8.99. The molecule has 0 bridgehead atoms. The minimum atomic E-state index is -1.02. The van der Waals surface area contributed by atoms with Crippen molar-refractivity contribution in [3.63, 3.8) is 0 Å². The van der Waals surface area contributed by atoms with Gasteiger partial charge in [-0.15, -0.1) is 0 Å². The number of halogens is 2. The SMILES string of the molecule is Cc1cc(Br)ccc1N1CCN(c2ccc(CC(=O)O)c(F)c2)CC1. The predicted molar refractivity (Wildman–Crippen MR) is 101 cm³/mol. The molecule has 6 heteroatoms. The molecule has 4 nitrogen and oxygen atoms in total. The van der Waals surface area contributed by atoms with Gasteiger partial charge in [0.05, 0.1) is 6.42 Å². The Labute approximate surface area is 155 Å². The topological polar surface area (TPSA) is 43.8 Å². The van der Waals surface area contributed by atoms with Crippen LogP contribution in [0.5, 0.6) is 0 Å². The maximum absolute atomic E-state index is 14.1. The lowest BCUT2D eigenvalue weighted by molar-refractivity contribution is -0.136. The third kappa shape index (κ3) is 4.12. The van der Waals surface area contributed by atoms with Gasteiger partial charge < -0.3 is 14.9 Å². The van der Waals surface area contributed by atoms with E-state index in [1.165, 1.54) is 17.3 Å². The van der Waals surface area contributed by atoms with Crippen LogP contribution >= 0.6 is 15.9 Å². The molecule has 0 saturated carbocycles. The number of carboxylic acid groups (broad SMARTS) is 1. The fourth-order valence-corrected chi connectivity index (χ4v) is 3.69. The van der Waals surface area contributed by atoms with Gasteiger partial charge in [-0.25, -0.2) is 4.39 Å². The molecule has 1 heterocycles. The van der Waals surface area contributed by atoms with Gasteiger partial charge in [-0.3, -0.25) is 4.79 Å². The highest BCUT2D eigenvalue weighted by Crippen LogP contribution is 2.26. The number of nitrogens with zero attached hydrogens (tertiary/aromatic N) is 2. The second-order valence-electron chi connectivity index (χ2n) is 6.25. The van der Waals surface area contributed by atoms with Crippen LogP contribution in [0.2, 0.25) is 0 Å². The predicted octanol–water partition coefficient (Wildman–Crippen LogP) is 3.85. The molecule has 3 rings (SSSR count). The van der Waals surface area contributed by atoms with Crippen LogP contribution in [0.25, 0.3) is 0 Å². The van der Waals surface area contributed by atoms with Crippen molar-refractivity contribution >= 4 is 33.3 Å². The third-order valence-electron chi connectivity index (χ3n) is 4.52. The molecular formula is C19H20BrFN2O2. The van der Waals surface area contributed by atoms with Gasteiger partial charge in [-0.2, -0.15) is 0 Å². The Balaban J connectivity index is 1.68. The summed E-state index contributed by atoms with van der Waals surface area (Å²) in [5, 5.41) is 8.80. The summed E-state index contributed by atoms with van der Waals surface area (Å²) in [7, 11) is 0. The van der Waals surface area contributed by atoms with Gasteiger partial charge in [0.1, 0.15) is 5.82 Å². The van der Waals surface area contributed by atoms with Crippen molar-refractivity contribution in [2.45, 2.75) is 13.3 Å². The van der Waals surface area contributed by atoms with Gasteiger partial charge >= 0.3 is 5.97 Å². The second kappa shape index (κ2) is 7.44. The summed E-state index contributed by atoms with van der Waals surface area (Å²) in [5.41, 5.74) is 3.48. The molecule has 0 radical (unpaired) electrons. The first-order valence-electron chi connectivity index (χ1n) is 8.20. The Morgan fingerprint density at radius 1 is 1.12 bits per heavy atom. The first kappa shape index (κ1) is 17.7. The van der Waals surface area contributed by atoms with Gasteiger partial charge in [0, 0.05) is 42.0 Å². The van der Waals surface area contributed by atoms with Crippen molar-refractivity contribution in [1.82, 2.24) is 0 Å². The number of aryl methyl sites for hydroxylation is 1. The van der Waals surface area contributed by atoms with Crippen molar-refractivity contribution in [2.24, 2.45) is 0 Å². The number of carboxylic acids is 1. The molecule has 2 aromatic rings. The highest BCUT2D eigenvalue weighted by atomic mass is 79.9. The summed E-state index contributed by atoms with van der Waals surface area (Å²) in [6, 6.07) is 11.1. The fourth-order valence-electron chi connectivity index (χ4n) is 3.22. The molecule has 1 fully saturated rings. The van der Waals surface area contributed by atoms with Gasteiger partial charge in [-0.05, 0) is 48.4 Å². The fraction of sp³-hybridized carbons (Fsp3) is 0.316. The van der Waals surface area contributed by atoms with E-state index in [-0.39, 0.29) is 12.0 Å². The zero-order valence-electron chi connectivity index (χ0n) is 14.0. The van der Waals surface area contributed by atoms with Gasteiger partial charge in [-0.1, -0.05) is 22.0 Å². The smallest absolute Gasteiger partial charge is 0.307 e. The molecule has 0 aromatic heterocycles. The number of anilines is 2. The Hall–Kier alpha value is -2.08. The number of hydrogen-bond acceptors (Lipinski definition) is 3. The average molecular weight is 407 g/mol. The van der Waals surface area contributed by atoms with Crippen LogP contribution in [0.4, 0.5) is 15.8 Å². The second-order valence-corrected chi connectivity index (χ2v) is 7.17. The van der Waals surface area contributed by atoms with E-state index in [0.29, 0.717) is 0 Å². The molecule has 0 atom stereocenters. The summed E-state index contributed by atoms with van der Waals surface area (Å²) in [6.45, 7) is 5.42. The molecule has 132 valence electrons. The number of rotatable bonds is 4. The lowest BCUT2D eigenvalue weighted by atomic mass is 10.1. The van der Waals surface area contributed by atoms with Gasteiger partial charge in [0.2, 0.25) is 0 Å². The zero-order valence-corrected chi connectivity index (χ0v) is 15.6. The molecule has 0 unspecified atom stereocenters. The van der Waals surface area contributed by atoms with Crippen LogP contribution in [-0.2, 0) is 11.2 Å². The number of benzene rings is 2. The summed E-state index contributed by atoms with van der Waals surface area (Å²) in [6.07, 6.45) is -0.289. The maximum Gasteiger partial charge on any atom is 0.307 e. The van der Waals surface area contributed by atoms with E-state index in [4.69, 9.17) is 5.11 Å². The maximum atomic E-state index is 14.1. The van der Waals surface area contributed by atoms with Gasteiger partial charge in [0.15, 0.2) is 0 Å². The Morgan fingerprint density at radius 3 is 2.40 bits per heavy atom. The number of aliphatic carboxylic acids is 1. The minimum absolute atomic E-state index is 0.223. The lowest BCUT2D eigenvalue weighted by Crippen LogP contribution is -2.46. The summed E-state index contributed by atoms with van der Waals surface area (Å²) >= 11 is 3.49. The summed E-state index contributed by atoms with van der Waals surface area (Å²) in [4.78, 5) is 15.2. The molecule has 2 aromatic carbocycles. The molecule has 25 heavy (non-hydrogen) atoms. The number of carbonyl (C=O) groups is 1. The normalized spacial score (nSPS) is 14.7. The van der Waals surface area contributed by atoms with E-state index in [0.717, 1.165) is 36.3 Å². The van der Waals surface area contributed by atoms with Crippen molar-refractivity contribution < 1.29 is 14.3 Å². The monoisotopic (exact) mass is 406 g/mol. The summed E-state index contributed by atoms with van der Waals surface area (Å²) in [5.74, 6) is -1.48. The lowest BCUT2D eigenvalue weighted by Gasteiger charge is -2.38. The van der Waals surface area contributed by atoms with Crippen LogP contribution in [0.1, 0.15) is 11.1 Å². The van der Waals surface area contributed by atoms with Crippen molar-refractivity contribution in [1.29, 1.82) is 0 Å². The third-order valence-corrected chi connectivity index (χ3v) is 5.02. The highest BCUT2D eigenvalue weighted by Gasteiger charge is 2.20. The van der Waals surface area contributed by atoms with Crippen LogP contribution in [0.3, 0.4) is 0 Å².